The van der Waals surface area contributed by atoms with Gasteiger partial charge in [0.2, 0.25) is 0 Å². The molecule has 1 aliphatic heterocycles. The largest absolute Gasteiger partial charge is 0.383 e. The number of benzene rings is 1. The fourth-order valence-electron chi connectivity index (χ4n) is 2.46. The SMILES string of the molecule is COCC(N)CN1CCN(c2cccc(Cl)c2)CC1. The summed E-state index contributed by atoms with van der Waals surface area (Å²) in [5.41, 5.74) is 7.19. The lowest BCUT2D eigenvalue weighted by Crippen LogP contribution is -2.50. The predicted molar refractivity (Wildman–Crippen MR) is 80.0 cm³/mol. The number of methoxy groups -OCH3 is 1. The third-order valence-corrected chi connectivity index (χ3v) is 3.65. The molecule has 5 heteroatoms. The zero-order valence-electron chi connectivity index (χ0n) is 11.4. The van der Waals surface area contributed by atoms with Gasteiger partial charge in [-0.15, -0.1) is 0 Å². The van der Waals surface area contributed by atoms with Crippen LogP contribution in [0.4, 0.5) is 5.69 Å². The van der Waals surface area contributed by atoms with Crippen molar-refractivity contribution >= 4 is 17.3 Å². The molecule has 0 aromatic heterocycles. The van der Waals surface area contributed by atoms with Crippen LogP contribution in [0.1, 0.15) is 0 Å². The van der Waals surface area contributed by atoms with E-state index >= 15 is 0 Å². The van der Waals surface area contributed by atoms with Crippen LogP contribution >= 0.6 is 11.6 Å². The van der Waals surface area contributed by atoms with E-state index in [0.29, 0.717) is 6.61 Å². The van der Waals surface area contributed by atoms with Gasteiger partial charge in [0, 0.05) is 56.6 Å². The van der Waals surface area contributed by atoms with Crippen LogP contribution in [0, 0.1) is 0 Å². The van der Waals surface area contributed by atoms with Crippen molar-refractivity contribution < 1.29 is 4.74 Å². The highest BCUT2D eigenvalue weighted by atomic mass is 35.5. The Hall–Kier alpha value is -0.810. The molecule has 0 bridgehead atoms. The van der Waals surface area contributed by atoms with Crippen molar-refractivity contribution in [3.8, 4) is 0 Å². The zero-order chi connectivity index (χ0) is 13.7. The van der Waals surface area contributed by atoms with Crippen LogP contribution in [0.2, 0.25) is 5.02 Å². The van der Waals surface area contributed by atoms with E-state index in [1.807, 2.05) is 18.2 Å². The average molecular weight is 284 g/mol. The maximum Gasteiger partial charge on any atom is 0.0626 e. The van der Waals surface area contributed by atoms with Crippen LogP contribution in [0.15, 0.2) is 24.3 Å². The Morgan fingerprint density at radius 2 is 2.05 bits per heavy atom. The highest BCUT2D eigenvalue weighted by Gasteiger charge is 2.18. The maximum absolute atomic E-state index is 6.03. The molecule has 19 heavy (non-hydrogen) atoms. The summed E-state index contributed by atoms with van der Waals surface area (Å²) < 4.78 is 5.07. The van der Waals surface area contributed by atoms with Crippen molar-refractivity contribution in [3.05, 3.63) is 29.3 Å². The first-order valence-electron chi connectivity index (χ1n) is 6.66. The quantitative estimate of drug-likeness (QED) is 0.888. The van der Waals surface area contributed by atoms with E-state index in [2.05, 4.69) is 15.9 Å². The van der Waals surface area contributed by atoms with Crippen molar-refractivity contribution in [2.24, 2.45) is 5.73 Å². The number of nitrogens with zero attached hydrogens (tertiary/aromatic N) is 2. The highest BCUT2D eigenvalue weighted by Crippen LogP contribution is 2.20. The number of halogens is 1. The van der Waals surface area contributed by atoms with Crippen LogP contribution in [-0.2, 0) is 4.74 Å². The van der Waals surface area contributed by atoms with Gasteiger partial charge in [-0.25, -0.2) is 0 Å². The molecule has 1 aliphatic rings. The number of hydrogen-bond donors (Lipinski definition) is 1. The van der Waals surface area contributed by atoms with Gasteiger partial charge >= 0.3 is 0 Å². The molecule has 0 spiro atoms. The van der Waals surface area contributed by atoms with Crippen LogP contribution < -0.4 is 10.6 Å². The van der Waals surface area contributed by atoms with Crippen molar-refractivity contribution in [1.29, 1.82) is 0 Å². The van der Waals surface area contributed by atoms with Gasteiger partial charge in [0.15, 0.2) is 0 Å². The second-order valence-corrected chi connectivity index (χ2v) is 5.42. The van der Waals surface area contributed by atoms with E-state index in [1.54, 1.807) is 7.11 Å². The van der Waals surface area contributed by atoms with Gasteiger partial charge in [0.25, 0.3) is 0 Å². The topological polar surface area (TPSA) is 41.7 Å². The molecule has 0 aliphatic carbocycles. The fraction of sp³-hybridized carbons (Fsp3) is 0.571. The summed E-state index contributed by atoms with van der Waals surface area (Å²) in [7, 11) is 1.69. The number of ether oxygens (including phenoxy) is 1. The summed E-state index contributed by atoms with van der Waals surface area (Å²) in [6.45, 7) is 5.61. The monoisotopic (exact) mass is 283 g/mol. The number of rotatable bonds is 5. The molecule has 0 amide bonds. The molecule has 2 N–H and O–H groups in total. The Balaban J connectivity index is 1.82. The minimum absolute atomic E-state index is 0.0997. The molecule has 1 aromatic carbocycles. The first-order valence-corrected chi connectivity index (χ1v) is 7.04. The average Bonchev–Trinajstić information content (AvgIpc) is 2.40. The van der Waals surface area contributed by atoms with E-state index in [-0.39, 0.29) is 6.04 Å². The Labute approximate surface area is 120 Å². The van der Waals surface area contributed by atoms with E-state index in [1.165, 1.54) is 5.69 Å². The number of anilines is 1. The van der Waals surface area contributed by atoms with E-state index in [4.69, 9.17) is 22.1 Å². The Bertz CT molecular complexity index is 394. The highest BCUT2D eigenvalue weighted by molar-refractivity contribution is 6.30. The van der Waals surface area contributed by atoms with Gasteiger partial charge in [0.05, 0.1) is 6.61 Å². The van der Waals surface area contributed by atoms with Crippen molar-refractivity contribution in [2.75, 3.05) is 51.3 Å². The molecule has 1 saturated heterocycles. The first kappa shape index (κ1) is 14.6. The molecular weight excluding hydrogens is 262 g/mol. The molecule has 1 unspecified atom stereocenters. The lowest BCUT2D eigenvalue weighted by atomic mass is 10.2. The Morgan fingerprint density at radius 3 is 2.68 bits per heavy atom. The summed E-state index contributed by atoms with van der Waals surface area (Å²) >= 11 is 6.03. The number of hydrogen-bond acceptors (Lipinski definition) is 4. The van der Waals surface area contributed by atoms with Crippen LogP contribution in [0.25, 0.3) is 0 Å². The van der Waals surface area contributed by atoms with Crippen molar-refractivity contribution in [3.63, 3.8) is 0 Å². The molecule has 1 fully saturated rings. The van der Waals surface area contributed by atoms with Gasteiger partial charge in [-0.05, 0) is 18.2 Å². The molecule has 1 aromatic rings. The van der Waals surface area contributed by atoms with Crippen molar-refractivity contribution in [1.82, 2.24) is 4.90 Å². The predicted octanol–water partition coefficient (Wildman–Crippen LogP) is 1.44. The second-order valence-electron chi connectivity index (χ2n) is 4.98. The van der Waals surface area contributed by atoms with Gasteiger partial charge in [-0.3, -0.25) is 4.90 Å². The summed E-state index contributed by atoms with van der Waals surface area (Å²) in [6, 6.07) is 8.14. The minimum Gasteiger partial charge on any atom is -0.383 e. The smallest absolute Gasteiger partial charge is 0.0626 e. The normalized spacial score (nSPS) is 18.6. The number of nitrogens with two attached hydrogens (primary N) is 1. The zero-order valence-corrected chi connectivity index (χ0v) is 12.1. The summed E-state index contributed by atoms with van der Waals surface area (Å²) in [6.07, 6.45) is 0. The lowest BCUT2D eigenvalue weighted by Gasteiger charge is -2.37. The maximum atomic E-state index is 6.03. The van der Waals surface area contributed by atoms with E-state index < -0.39 is 0 Å². The molecule has 106 valence electrons. The summed E-state index contributed by atoms with van der Waals surface area (Å²) in [4.78, 5) is 4.76. The minimum atomic E-state index is 0.0997. The third-order valence-electron chi connectivity index (χ3n) is 3.42. The third kappa shape index (κ3) is 4.35. The van der Waals surface area contributed by atoms with Gasteiger partial charge in [-0.1, -0.05) is 17.7 Å². The first-order chi connectivity index (χ1) is 9.19. The fourth-order valence-corrected chi connectivity index (χ4v) is 2.64. The van der Waals surface area contributed by atoms with Crippen LogP contribution in [0.5, 0.6) is 0 Å². The molecular formula is C14H22ClN3O. The van der Waals surface area contributed by atoms with Gasteiger partial charge in [0.1, 0.15) is 0 Å². The van der Waals surface area contributed by atoms with Crippen molar-refractivity contribution in [2.45, 2.75) is 6.04 Å². The summed E-state index contributed by atoms with van der Waals surface area (Å²) in [5, 5.41) is 0.794. The number of piperazine rings is 1. The van der Waals surface area contributed by atoms with E-state index in [0.717, 1.165) is 37.7 Å². The van der Waals surface area contributed by atoms with Gasteiger partial charge in [-0.2, -0.15) is 0 Å². The molecule has 1 atom stereocenters. The molecule has 0 radical (unpaired) electrons. The Morgan fingerprint density at radius 1 is 1.32 bits per heavy atom. The molecule has 1 heterocycles. The lowest BCUT2D eigenvalue weighted by molar-refractivity contribution is 0.150. The second kappa shape index (κ2) is 7.10. The van der Waals surface area contributed by atoms with Gasteiger partial charge < -0.3 is 15.4 Å². The Kier molecular flexibility index (Phi) is 5.45. The standard InChI is InChI=1S/C14H22ClN3O/c1-19-11-13(16)10-17-5-7-18(8-6-17)14-4-2-3-12(15)9-14/h2-4,9,13H,5-8,10-11,16H2,1H3. The summed E-state index contributed by atoms with van der Waals surface area (Å²) in [5.74, 6) is 0. The van der Waals surface area contributed by atoms with Crippen LogP contribution in [0.3, 0.4) is 0 Å². The molecule has 0 saturated carbocycles. The van der Waals surface area contributed by atoms with E-state index in [9.17, 15) is 0 Å². The van der Waals surface area contributed by atoms with Crippen LogP contribution in [-0.4, -0.2) is 57.4 Å². The molecule has 4 nitrogen and oxygen atoms in total. The molecule has 2 rings (SSSR count).